The predicted octanol–water partition coefficient (Wildman–Crippen LogP) is 0.0426. The number of benzene rings is 1. The lowest BCUT2D eigenvalue weighted by Gasteiger charge is -2.27. The molecule has 18 heavy (non-hydrogen) atoms. The van der Waals surface area contributed by atoms with E-state index in [1.165, 1.54) is 0 Å². The van der Waals surface area contributed by atoms with Crippen molar-refractivity contribution in [1.82, 2.24) is 5.43 Å². The summed E-state index contributed by atoms with van der Waals surface area (Å²) in [4.78, 5) is 11.2. The number of nitrogens with one attached hydrogen (secondary N) is 1. The van der Waals surface area contributed by atoms with E-state index in [0.29, 0.717) is 0 Å². The van der Waals surface area contributed by atoms with Gasteiger partial charge in [-0.15, -0.1) is 0 Å². The Kier molecular flexibility index (Phi) is 4.00. The van der Waals surface area contributed by atoms with Gasteiger partial charge in [0.25, 0.3) is 0 Å². The van der Waals surface area contributed by atoms with Gasteiger partial charge in [0.2, 0.25) is 0 Å². The number of hydrogen-bond donors (Lipinski definition) is 6. The largest absolute Gasteiger partial charge is 0.508 e. The van der Waals surface area contributed by atoms with Crippen LogP contribution in [0.1, 0.15) is 18.9 Å². The maximum atomic E-state index is 11.2. The number of hydrazine groups is 1. The minimum atomic E-state index is -1.44. The molecule has 7 nitrogen and oxygen atoms in total. The standard InChI is InChI=1S/C11H16N2O5/c1-2-11(13-12,10(17)18)5-6-3-8(15)9(16)4-7(6)14/h3-4,13-16H,2,5,12H2,1H3,(H,17,18). The minimum absolute atomic E-state index is 0.130. The van der Waals surface area contributed by atoms with Crippen LogP contribution in [0.4, 0.5) is 0 Å². The summed E-state index contributed by atoms with van der Waals surface area (Å²) in [5.74, 6) is 2.88. The molecule has 0 saturated carbocycles. The maximum absolute atomic E-state index is 11.2. The molecule has 7 N–H and O–H groups in total. The average Bonchev–Trinajstić information content (AvgIpc) is 2.32. The first-order valence-corrected chi connectivity index (χ1v) is 5.31. The van der Waals surface area contributed by atoms with Gasteiger partial charge in [-0.2, -0.15) is 0 Å². The Morgan fingerprint density at radius 3 is 2.28 bits per heavy atom. The van der Waals surface area contributed by atoms with Crippen LogP contribution in [0.3, 0.4) is 0 Å². The lowest BCUT2D eigenvalue weighted by Crippen LogP contribution is -2.56. The Bertz CT molecular complexity index is 457. The molecule has 0 heterocycles. The quantitative estimate of drug-likeness (QED) is 0.189. The van der Waals surface area contributed by atoms with Crippen molar-refractivity contribution in [3.63, 3.8) is 0 Å². The second kappa shape index (κ2) is 5.11. The number of carboxylic acids is 1. The molecule has 0 fully saturated rings. The summed E-state index contributed by atoms with van der Waals surface area (Å²) in [6.07, 6.45) is 0.0505. The lowest BCUT2D eigenvalue weighted by molar-refractivity contribution is -0.145. The third-order valence-electron chi connectivity index (χ3n) is 2.96. The summed E-state index contributed by atoms with van der Waals surface area (Å²) in [5.41, 5.74) is 0.950. The van der Waals surface area contributed by atoms with E-state index < -0.39 is 23.0 Å². The molecule has 0 aliphatic carbocycles. The van der Waals surface area contributed by atoms with Crippen LogP contribution in [0.15, 0.2) is 12.1 Å². The van der Waals surface area contributed by atoms with E-state index >= 15 is 0 Å². The van der Waals surface area contributed by atoms with Crippen molar-refractivity contribution in [2.45, 2.75) is 25.3 Å². The van der Waals surface area contributed by atoms with Crippen molar-refractivity contribution in [2.75, 3.05) is 0 Å². The molecular formula is C11H16N2O5. The summed E-state index contributed by atoms with van der Waals surface area (Å²) in [6.45, 7) is 1.63. The number of hydrogen-bond acceptors (Lipinski definition) is 6. The van der Waals surface area contributed by atoms with E-state index in [-0.39, 0.29) is 24.2 Å². The van der Waals surface area contributed by atoms with Crippen LogP contribution < -0.4 is 11.3 Å². The average molecular weight is 256 g/mol. The number of phenolic OH excluding ortho intramolecular Hbond substituents is 3. The number of carbonyl (C=O) groups is 1. The van der Waals surface area contributed by atoms with Gasteiger partial charge in [0.15, 0.2) is 11.5 Å². The van der Waals surface area contributed by atoms with Gasteiger partial charge in [0.1, 0.15) is 11.3 Å². The van der Waals surface area contributed by atoms with E-state index in [0.717, 1.165) is 12.1 Å². The molecule has 0 bridgehead atoms. The Morgan fingerprint density at radius 1 is 1.28 bits per heavy atom. The first-order valence-electron chi connectivity index (χ1n) is 5.31. The fourth-order valence-electron chi connectivity index (χ4n) is 1.64. The molecule has 1 rings (SSSR count). The van der Waals surface area contributed by atoms with Gasteiger partial charge in [-0.25, -0.2) is 5.43 Å². The zero-order valence-electron chi connectivity index (χ0n) is 9.84. The molecule has 0 radical (unpaired) electrons. The van der Waals surface area contributed by atoms with Gasteiger partial charge >= 0.3 is 5.97 Å². The van der Waals surface area contributed by atoms with Gasteiger partial charge in [-0.05, 0) is 12.5 Å². The van der Waals surface area contributed by atoms with E-state index in [4.69, 9.17) is 10.9 Å². The van der Waals surface area contributed by atoms with Gasteiger partial charge in [-0.1, -0.05) is 6.92 Å². The number of nitrogens with two attached hydrogens (primary N) is 1. The molecule has 1 atom stereocenters. The Balaban J connectivity index is 3.16. The van der Waals surface area contributed by atoms with E-state index in [1.54, 1.807) is 6.92 Å². The summed E-state index contributed by atoms with van der Waals surface area (Å²) >= 11 is 0. The Hall–Kier alpha value is -1.99. The highest BCUT2D eigenvalue weighted by Gasteiger charge is 2.36. The van der Waals surface area contributed by atoms with Crippen molar-refractivity contribution in [2.24, 2.45) is 5.84 Å². The first-order chi connectivity index (χ1) is 8.36. The molecule has 0 saturated heterocycles. The van der Waals surface area contributed by atoms with Crippen LogP contribution in [0, 0.1) is 0 Å². The zero-order chi connectivity index (χ0) is 13.9. The smallest absolute Gasteiger partial charge is 0.325 e. The van der Waals surface area contributed by atoms with Crippen molar-refractivity contribution < 1.29 is 25.2 Å². The number of carboxylic acid groups (broad SMARTS) is 1. The SMILES string of the molecule is CCC(Cc1cc(O)c(O)cc1O)(NN)C(=O)O. The second-order valence-electron chi connectivity index (χ2n) is 4.03. The summed E-state index contributed by atoms with van der Waals surface area (Å²) in [7, 11) is 0. The number of rotatable bonds is 5. The number of aliphatic carboxylic acids is 1. The Morgan fingerprint density at radius 2 is 1.83 bits per heavy atom. The topological polar surface area (TPSA) is 136 Å². The van der Waals surface area contributed by atoms with Crippen LogP contribution in [0.5, 0.6) is 17.2 Å². The summed E-state index contributed by atoms with van der Waals surface area (Å²) in [5, 5.41) is 37.3. The van der Waals surface area contributed by atoms with Crippen molar-refractivity contribution >= 4 is 5.97 Å². The summed E-state index contributed by atoms with van der Waals surface area (Å²) in [6, 6.07) is 2.05. The van der Waals surface area contributed by atoms with E-state index in [1.807, 2.05) is 0 Å². The molecule has 0 amide bonds. The molecule has 7 heteroatoms. The minimum Gasteiger partial charge on any atom is -0.508 e. The van der Waals surface area contributed by atoms with Gasteiger partial charge in [0.05, 0.1) is 0 Å². The molecular weight excluding hydrogens is 240 g/mol. The molecule has 100 valence electrons. The predicted molar refractivity (Wildman–Crippen MR) is 63.1 cm³/mol. The first kappa shape index (κ1) is 14.1. The van der Waals surface area contributed by atoms with E-state index in [2.05, 4.69) is 5.43 Å². The highest BCUT2D eigenvalue weighted by atomic mass is 16.4. The van der Waals surface area contributed by atoms with Gasteiger partial charge in [-0.3, -0.25) is 10.6 Å². The fourth-order valence-corrected chi connectivity index (χ4v) is 1.64. The molecule has 1 aromatic rings. The third kappa shape index (κ3) is 2.47. The zero-order valence-corrected chi connectivity index (χ0v) is 9.84. The van der Waals surface area contributed by atoms with Crippen molar-refractivity contribution in [1.29, 1.82) is 0 Å². The Labute approximate surface area is 103 Å². The fraction of sp³-hybridized carbons (Fsp3) is 0.364. The van der Waals surface area contributed by atoms with Crippen LogP contribution in [-0.2, 0) is 11.2 Å². The highest BCUT2D eigenvalue weighted by molar-refractivity contribution is 5.79. The third-order valence-corrected chi connectivity index (χ3v) is 2.96. The molecule has 0 aromatic heterocycles. The number of phenols is 3. The highest BCUT2D eigenvalue weighted by Crippen LogP contribution is 2.34. The monoisotopic (exact) mass is 256 g/mol. The van der Waals surface area contributed by atoms with Crippen molar-refractivity contribution in [3.05, 3.63) is 17.7 Å². The van der Waals surface area contributed by atoms with Crippen molar-refractivity contribution in [3.8, 4) is 17.2 Å². The molecule has 1 unspecified atom stereocenters. The maximum Gasteiger partial charge on any atom is 0.325 e. The molecule has 0 aliphatic heterocycles. The number of aromatic hydroxyl groups is 3. The van der Waals surface area contributed by atoms with Crippen LogP contribution >= 0.6 is 0 Å². The van der Waals surface area contributed by atoms with Crippen LogP contribution in [0.2, 0.25) is 0 Å². The van der Waals surface area contributed by atoms with Gasteiger partial charge < -0.3 is 20.4 Å². The van der Waals surface area contributed by atoms with Crippen LogP contribution in [0.25, 0.3) is 0 Å². The van der Waals surface area contributed by atoms with Gasteiger partial charge in [0, 0.05) is 18.1 Å². The second-order valence-corrected chi connectivity index (χ2v) is 4.03. The normalized spacial score (nSPS) is 14.1. The summed E-state index contributed by atoms with van der Waals surface area (Å²) < 4.78 is 0. The lowest BCUT2D eigenvalue weighted by atomic mass is 9.88. The van der Waals surface area contributed by atoms with Crippen LogP contribution in [-0.4, -0.2) is 31.9 Å². The molecule has 1 aromatic carbocycles. The van der Waals surface area contributed by atoms with E-state index in [9.17, 15) is 20.1 Å². The molecule has 0 spiro atoms. The molecule has 0 aliphatic rings.